The molecule has 0 amide bonds. The molecule has 5 nitrogen and oxygen atoms in total. The van der Waals surface area contributed by atoms with Gasteiger partial charge in [0.1, 0.15) is 11.5 Å². The molecule has 2 atom stereocenters. The van der Waals surface area contributed by atoms with E-state index >= 15 is 0 Å². The first-order valence-electron chi connectivity index (χ1n) is 9.98. The van der Waals surface area contributed by atoms with Crippen molar-refractivity contribution in [2.45, 2.75) is 38.6 Å². The Kier molecular flexibility index (Phi) is 7.54. The van der Waals surface area contributed by atoms with Crippen LogP contribution >= 0.6 is 0 Å². The number of hydrogen-bond donors (Lipinski definition) is 1. The van der Waals surface area contributed by atoms with Crippen LogP contribution in [0.15, 0.2) is 60.7 Å². The van der Waals surface area contributed by atoms with Crippen molar-refractivity contribution in [2.75, 3.05) is 13.2 Å². The SMILES string of the molecule is N#CC(COCc1ccccc1)(COCc1ccccc1)[C@H]1CC[C@H](O)C(=O)C1. The van der Waals surface area contributed by atoms with Crippen LogP contribution in [0.2, 0.25) is 0 Å². The van der Waals surface area contributed by atoms with E-state index < -0.39 is 11.5 Å². The lowest BCUT2D eigenvalue weighted by molar-refractivity contribution is -0.134. The van der Waals surface area contributed by atoms with Gasteiger partial charge in [0.2, 0.25) is 0 Å². The molecule has 2 aromatic carbocycles. The van der Waals surface area contributed by atoms with E-state index in [0.717, 1.165) is 11.1 Å². The van der Waals surface area contributed by atoms with Crippen molar-refractivity contribution in [1.82, 2.24) is 0 Å². The van der Waals surface area contributed by atoms with Crippen molar-refractivity contribution in [1.29, 1.82) is 5.26 Å². The second-order valence-corrected chi connectivity index (χ2v) is 7.69. The Balaban J connectivity index is 1.68. The molecule has 0 heterocycles. The first-order chi connectivity index (χ1) is 14.1. The highest BCUT2D eigenvalue weighted by Crippen LogP contribution is 2.38. The molecule has 29 heavy (non-hydrogen) atoms. The highest BCUT2D eigenvalue weighted by Gasteiger charge is 2.44. The number of ether oxygens (including phenoxy) is 2. The number of aliphatic hydroxyl groups is 1. The number of aliphatic hydroxyl groups excluding tert-OH is 1. The molecule has 0 aromatic heterocycles. The Bertz CT molecular complexity index is 770. The molecule has 0 spiro atoms. The van der Waals surface area contributed by atoms with Gasteiger partial charge < -0.3 is 14.6 Å². The number of nitrogens with zero attached hydrogens (tertiary/aromatic N) is 1. The van der Waals surface area contributed by atoms with E-state index in [0.29, 0.717) is 26.1 Å². The Hall–Kier alpha value is -2.52. The van der Waals surface area contributed by atoms with Gasteiger partial charge in [-0.2, -0.15) is 5.26 Å². The summed E-state index contributed by atoms with van der Waals surface area (Å²) < 4.78 is 11.8. The lowest BCUT2D eigenvalue weighted by atomic mass is 9.69. The zero-order valence-electron chi connectivity index (χ0n) is 16.5. The Morgan fingerprint density at radius 2 is 1.45 bits per heavy atom. The third-order valence-electron chi connectivity index (χ3n) is 5.55. The van der Waals surface area contributed by atoms with Gasteiger partial charge in [-0.05, 0) is 29.9 Å². The lowest BCUT2D eigenvalue weighted by Crippen LogP contribution is -2.44. The molecular formula is C24H27NO4. The van der Waals surface area contributed by atoms with Crippen molar-refractivity contribution < 1.29 is 19.4 Å². The molecule has 2 aromatic rings. The quantitative estimate of drug-likeness (QED) is 0.703. The highest BCUT2D eigenvalue weighted by molar-refractivity contribution is 5.83. The maximum Gasteiger partial charge on any atom is 0.161 e. The monoisotopic (exact) mass is 393 g/mol. The molecule has 152 valence electrons. The maximum atomic E-state index is 12.1. The van der Waals surface area contributed by atoms with Gasteiger partial charge >= 0.3 is 0 Å². The van der Waals surface area contributed by atoms with Crippen LogP contribution in [-0.2, 0) is 27.5 Å². The minimum atomic E-state index is -0.931. The minimum absolute atomic E-state index is 0.179. The molecule has 5 heteroatoms. The van der Waals surface area contributed by atoms with Crippen LogP contribution < -0.4 is 0 Å². The highest BCUT2D eigenvalue weighted by atomic mass is 16.5. The van der Waals surface area contributed by atoms with Crippen LogP contribution in [0.3, 0.4) is 0 Å². The van der Waals surface area contributed by atoms with Crippen LogP contribution in [0.1, 0.15) is 30.4 Å². The molecule has 1 aliphatic carbocycles. The van der Waals surface area contributed by atoms with Crippen LogP contribution in [0.25, 0.3) is 0 Å². The average molecular weight is 393 g/mol. The number of Topliss-reactive ketones (excluding diaryl/α,β-unsaturated/α-hetero) is 1. The smallest absolute Gasteiger partial charge is 0.161 e. The van der Waals surface area contributed by atoms with E-state index in [-0.39, 0.29) is 31.3 Å². The molecule has 1 fully saturated rings. The lowest BCUT2D eigenvalue weighted by Gasteiger charge is -2.37. The van der Waals surface area contributed by atoms with Gasteiger partial charge in [-0.15, -0.1) is 0 Å². The van der Waals surface area contributed by atoms with E-state index in [2.05, 4.69) is 6.07 Å². The molecule has 1 saturated carbocycles. The number of benzene rings is 2. The number of hydrogen-bond acceptors (Lipinski definition) is 5. The van der Waals surface area contributed by atoms with E-state index in [1.807, 2.05) is 60.7 Å². The first-order valence-corrected chi connectivity index (χ1v) is 9.98. The molecule has 1 aliphatic rings. The van der Waals surface area contributed by atoms with Gasteiger partial charge in [0.15, 0.2) is 5.78 Å². The van der Waals surface area contributed by atoms with Crippen molar-refractivity contribution in [3.63, 3.8) is 0 Å². The third-order valence-corrected chi connectivity index (χ3v) is 5.55. The van der Waals surface area contributed by atoms with E-state index in [1.54, 1.807) is 0 Å². The second kappa shape index (κ2) is 10.3. The van der Waals surface area contributed by atoms with Crippen molar-refractivity contribution in [3.8, 4) is 6.07 Å². The number of nitriles is 1. The first kappa shape index (κ1) is 21.2. The summed E-state index contributed by atoms with van der Waals surface area (Å²) in [7, 11) is 0. The summed E-state index contributed by atoms with van der Waals surface area (Å²) in [4.78, 5) is 12.1. The third kappa shape index (κ3) is 5.74. The fraction of sp³-hybridized carbons (Fsp3) is 0.417. The van der Waals surface area contributed by atoms with Gasteiger partial charge in [0.05, 0.1) is 32.5 Å². The second-order valence-electron chi connectivity index (χ2n) is 7.69. The Morgan fingerprint density at radius 1 is 0.931 bits per heavy atom. The summed E-state index contributed by atoms with van der Waals surface area (Å²) in [6, 6.07) is 22.0. The molecule has 3 rings (SSSR count). The fourth-order valence-electron chi connectivity index (χ4n) is 3.76. The van der Waals surface area contributed by atoms with E-state index in [1.165, 1.54) is 0 Å². The molecular weight excluding hydrogens is 366 g/mol. The number of rotatable bonds is 9. The van der Waals surface area contributed by atoms with Gasteiger partial charge in [0.25, 0.3) is 0 Å². The zero-order valence-corrected chi connectivity index (χ0v) is 16.5. The summed E-state index contributed by atoms with van der Waals surface area (Å²) in [5.74, 6) is -0.401. The molecule has 0 saturated heterocycles. The van der Waals surface area contributed by atoms with Crippen molar-refractivity contribution in [3.05, 3.63) is 71.8 Å². The fourth-order valence-corrected chi connectivity index (χ4v) is 3.76. The zero-order chi connectivity index (χ0) is 20.5. The van der Waals surface area contributed by atoms with E-state index in [4.69, 9.17) is 9.47 Å². The number of carbonyl (C=O) groups is 1. The molecule has 0 unspecified atom stereocenters. The van der Waals surface area contributed by atoms with Crippen molar-refractivity contribution in [2.24, 2.45) is 11.3 Å². The number of ketones is 1. The van der Waals surface area contributed by atoms with Crippen LogP contribution in [0.5, 0.6) is 0 Å². The largest absolute Gasteiger partial charge is 0.385 e. The summed E-state index contributed by atoms with van der Waals surface area (Å²) in [5, 5.41) is 19.9. The van der Waals surface area contributed by atoms with Gasteiger partial charge in [-0.3, -0.25) is 4.79 Å². The van der Waals surface area contributed by atoms with Crippen molar-refractivity contribution >= 4 is 5.78 Å². The summed E-state index contributed by atoms with van der Waals surface area (Å²) >= 11 is 0. The minimum Gasteiger partial charge on any atom is -0.385 e. The maximum absolute atomic E-state index is 12.1. The molecule has 0 aliphatic heterocycles. The van der Waals surface area contributed by atoms with Gasteiger partial charge in [-0.1, -0.05) is 60.7 Å². The topological polar surface area (TPSA) is 79.6 Å². The van der Waals surface area contributed by atoms with Crippen LogP contribution in [0.4, 0.5) is 0 Å². The normalized spacial score (nSPS) is 19.7. The summed E-state index contributed by atoms with van der Waals surface area (Å²) in [6.07, 6.45) is 0.241. The van der Waals surface area contributed by atoms with Gasteiger partial charge in [-0.25, -0.2) is 0 Å². The molecule has 1 N–H and O–H groups in total. The predicted octanol–water partition coefficient (Wildman–Crippen LogP) is 3.66. The number of carbonyl (C=O) groups excluding carboxylic acids is 1. The standard InChI is InChI=1S/C24H27NO4/c25-16-24(21-11-12-22(26)23(27)13-21,17-28-14-19-7-3-1-4-8-19)18-29-15-20-9-5-2-6-10-20/h1-10,21-22,26H,11-15,17-18H2/t21-,22-/m0/s1. The van der Waals surface area contributed by atoms with Crippen LogP contribution in [0, 0.1) is 22.7 Å². The van der Waals surface area contributed by atoms with Crippen LogP contribution in [-0.4, -0.2) is 30.2 Å². The molecule has 0 bridgehead atoms. The Labute approximate surface area is 171 Å². The summed E-state index contributed by atoms with van der Waals surface area (Å²) in [6.45, 7) is 1.15. The van der Waals surface area contributed by atoms with E-state index in [9.17, 15) is 15.2 Å². The van der Waals surface area contributed by atoms with Gasteiger partial charge in [0, 0.05) is 6.42 Å². The average Bonchev–Trinajstić information content (AvgIpc) is 2.76. The molecule has 0 radical (unpaired) electrons. The summed E-state index contributed by atoms with van der Waals surface area (Å²) in [5.41, 5.74) is 1.12. The predicted molar refractivity (Wildman–Crippen MR) is 109 cm³/mol. The Morgan fingerprint density at radius 3 is 1.90 bits per heavy atom.